The van der Waals surface area contributed by atoms with E-state index in [4.69, 9.17) is 5.21 Å². The van der Waals surface area contributed by atoms with Crippen LogP contribution >= 0.6 is 15.9 Å². The first-order chi connectivity index (χ1) is 12.4. The van der Waals surface area contributed by atoms with Crippen LogP contribution in [0.3, 0.4) is 0 Å². The molecule has 0 spiro atoms. The van der Waals surface area contributed by atoms with Gasteiger partial charge in [0.15, 0.2) is 11.6 Å². The molecule has 0 radical (unpaired) electrons. The van der Waals surface area contributed by atoms with E-state index in [-0.39, 0.29) is 12.1 Å². The van der Waals surface area contributed by atoms with Gasteiger partial charge < -0.3 is 14.5 Å². The molecule has 6 nitrogen and oxygen atoms in total. The lowest BCUT2D eigenvalue weighted by Crippen LogP contribution is -2.13. The van der Waals surface area contributed by atoms with E-state index < -0.39 is 23.2 Å². The Labute approximate surface area is 157 Å². The van der Waals surface area contributed by atoms with Gasteiger partial charge in [-0.15, -0.1) is 0 Å². The molecule has 1 heterocycles. The van der Waals surface area contributed by atoms with E-state index in [0.717, 1.165) is 20.0 Å². The van der Waals surface area contributed by atoms with Crippen molar-refractivity contribution in [1.82, 2.24) is 9.55 Å². The lowest BCUT2D eigenvalue weighted by Gasteiger charge is -2.12. The van der Waals surface area contributed by atoms with Gasteiger partial charge in [0.1, 0.15) is 10.4 Å². The second-order valence-electron chi connectivity index (χ2n) is 5.53. The number of carbonyl (C=O) groups is 1. The maximum absolute atomic E-state index is 14.4. The number of nitrogens with zero attached hydrogens (tertiary/aromatic N) is 3. The van der Waals surface area contributed by atoms with Gasteiger partial charge >= 0.3 is 5.97 Å². The zero-order valence-corrected chi connectivity index (χ0v) is 15.9. The topological polar surface area (TPSA) is 76.7 Å². The first-order valence-corrected chi connectivity index (χ1v) is 8.71. The van der Waals surface area contributed by atoms with Crippen LogP contribution in [0.5, 0.6) is 0 Å². The number of carbonyl (C=O) groups excluding carboxylic acids is 1. The van der Waals surface area contributed by atoms with Crippen LogP contribution in [-0.2, 0) is 17.7 Å². The molecule has 0 aliphatic rings. The third-order valence-corrected chi connectivity index (χ3v) is 4.45. The summed E-state index contributed by atoms with van der Waals surface area (Å²) >= 11 is 3.28. The SMILES string of the molecule is CCCCc1nc(Br)c(C=NO)n1Cc1ccc(C(=O)OC)c(F)c1F. The highest BCUT2D eigenvalue weighted by molar-refractivity contribution is 9.10. The molecular weight excluding hydrogens is 412 g/mol. The second-order valence-corrected chi connectivity index (χ2v) is 6.28. The highest BCUT2D eigenvalue weighted by Gasteiger charge is 2.21. The van der Waals surface area contributed by atoms with E-state index in [9.17, 15) is 13.6 Å². The predicted octanol–water partition coefficient (Wildman–Crippen LogP) is 3.91. The fraction of sp³-hybridized carbons (Fsp3) is 0.353. The Hall–Kier alpha value is -2.29. The fourth-order valence-corrected chi connectivity index (χ4v) is 3.03. The lowest BCUT2D eigenvalue weighted by atomic mass is 10.1. The zero-order chi connectivity index (χ0) is 19.3. The molecule has 0 unspecified atom stereocenters. The standard InChI is InChI=1S/C17H18BrF2N3O3/c1-3-4-5-13-22-16(18)12(8-21-25)23(13)9-10-6-7-11(17(24)26-2)15(20)14(10)19/h6-8,25H,3-5,9H2,1-2H3. The molecule has 2 rings (SSSR count). The molecular formula is C17H18BrF2N3O3. The van der Waals surface area contributed by atoms with Crippen molar-refractivity contribution in [2.75, 3.05) is 7.11 Å². The van der Waals surface area contributed by atoms with Crippen molar-refractivity contribution in [1.29, 1.82) is 0 Å². The van der Waals surface area contributed by atoms with Gasteiger partial charge in [0, 0.05) is 12.0 Å². The maximum atomic E-state index is 14.4. The van der Waals surface area contributed by atoms with E-state index in [2.05, 4.69) is 30.8 Å². The smallest absolute Gasteiger partial charge is 0.340 e. The minimum absolute atomic E-state index is 0.0328. The van der Waals surface area contributed by atoms with E-state index in [1.807, 2.05) is 6.92 Å². The fourth-order valence-electron chi connectivity index (χ4n) is 2.51. The molecule has 0 fully saturated rings. The number of hydrogen-bond donors (Lipinski definition) is 1. The first-order valence-electron chi connectivity index (χ1n) is 7.92. The van der Waals surface area contributed by atoms with E-state index in [1.165, 1.54) is 18.3 Å². The van der Waals surface area contributed by atoms with Gasteiger partial charge in [-0.2, -0.15) is 0 Å². The Morgan fingerprint density at radius 2 is 2.15 bits per heavy atom. The van der Waals surface area contributed by atoms with Crippen molar-refractivity contribution in [2.45, 2.75) is 32.7 Å². The van der Waals surface area contributed by atoms with Crippen LogP contribution in [0.15, 0.2) is 21.9 Å². The number of unbranched alkanes of at least 4 members (excludes halogenated alkanes) is 1. The Balaban J connectivity index is 2.47. The number of oxime groups is 1. The number of methoxy groups -OCH3 is 1. The van der Waals surface area contributed by atoms with Gasteiger partial charge in [-0.25, -0.2) is 18.6 Å². The van der Waals surface area contributed by atoms with Crippen LogP contribution in [0, 0.1) is 11.6 Å². The van der Waals surface area contributed by atoms with Crippen LogP contribution < -0.4 is 0 Å². The monoisotopic (exact) mass is 429 g/mol. The number of aryl methyl sites for hydroxylation is 1. The highest BCUT2D eigenvalue weighted by Crippen LogP contribution is 2.23. The van der Waals surface area contributed by atoms with Gasteiger partial charge in [-0.05, 0) is 28.4 Å². The lowest BCUT2D eigenvalue weighted by molar-refractivity contribution is 0.0594. The normalized spacial score (nSPS) is 11.3. The molecule has 0 saturated heterocycles. The van der Waals surface area contributed by atoms with Gasteiger partial charge in [-0.1, -0.05) is 24.6 Å². The van der Waals surface area contributed by atoms with Gasteiger partial charge in [0.05, 0.1) is 31.1 Å². The molecule has 0 aliphatic heterocycles. The van der Waals surface area contributed by atoms with Crippen molar-refractivity contribution < 1.29 is 23.5 Å². The summed E-state index contributed by atoms with van der Waals surface area (Å²) in [6.45, 7) is 1.99. The molecule has 2 aromatic rings. The summed E-state index contributed by atoms with van der Waals surface area (Å²) in [5.74, 6) is -2.70. The van der Waals surface area contributed by atoms with Crippen molar-refractivity contribution in [2.24, 2.45) is 5.16 Å². The third-order valence-electron chi connectivity index (χ3n) is 3.87. The van der Waals surface area contributed by atoms with Crippen molar-refractivity contribution >= 4 is 28.1 Å². The van der Waals surface area contributed by atoms with Gasteiger partial charge in [-0.3, -0.25) is 0 Å². The highest BCUT2D eigenvalue weighted by atomic mass is 79.9. The number of halogens is 3. The molecule has 1 aromatic heterocycles. The number of rotatable bonds is 7. The molecule has 0 atom stereocenters. The molecule has 26 heavy (non-hydrogen) atoms. The predicted molar refractivity (Wildman–Crippen MR) is 94.7 cm³/mol. The van der Waals surface area contributed by atoms with Crippen LogP contribution in [0.1, 0.15) is 47.2 Å². The van der Waals surface area contributed by atoms with Crippen molar-refractivity contribution in [3.05, 3.63) is 51.0 Å². The van der Waals surface area contributed by atoms with E-state index in [1.54, 1.807) is 4.57 Å². The number of hydrogen-bond acceptors (Lipinski definition) is 5. The molecule has 1 aromatic carbocycles. The summed E-state index contributed by atoms with van der Waals surface area (Å²) < 4.78 is 35.1. The molecule has 0 saturated carbocycles. The number of imidazole rings is 1. The number of esters is 1. The summed E-state index contributed by atoms with van der Waals surface area (Å²) in [6.07, 6.45) is 3.59. The summed E-state index contributed by atoms with van der Waals surface area (Å²) in [7, 11) is 1.09. The van der Waals surface area contributed by atoms with E-state index >= 15 is 0 Å². The molecule has 9 heteroatoms. The summed E-state index contributed by atoms with van der Waals surface area (Å²) in [6, 6.07) is 2.50. The average Bonchev–Trinajstić information content (AvgIpc) is 2.92. The summed E-state index contributed by atoms with van der Waals surface area (Å²) in [5, 5.41) is 11.9. The van der Waals surface area contributed by atoms with Crippen molar-refractivity contribution in [3.8, 4) is 0 Å². The summed E-state index contributed by atoms with van der Waals surface area (Å²) in [5.41, 5.74) is -0.00948. The third kappa shape index (κ3) is 4.09. The average molecular weight is 430 g/mol. The first kappa shape index (κ1) is 20.0. The largest absolute Gasteiger partial charge is 0.465 e. The van der Waals surface area contributed by atoms with Gasteiger partial charge in [0.25, 0.3) is 0 Å². The number of benzene rings is 1. The Morgan fingerprint density at radius 1 is 1.42 bits per heavy atom. The zero-order valence-electron chi connectivity index (χ0n) is 14.3. The Bertz CT molecular complexity index is 837. The summed E-state index contributed by atoms with van der Waals surface area (Å²) in [4.78, 5) is 15.8. The van der Waals surface area contributed by atoms with Gasteiger partial charge in [0.2, 0.25) is 0 Å². The molecule has 0 amide bonds. The molecule has 0 aliphatic carbocycles. The minimum Gasteiger partial charge on any atom is -0.465 e. The van der Waals surface area contributed by atoms with Crippen LogP contribution in [-0.4, -0.2) is 34.1 Å². The Kier molecular flexibility index (Phi) is 6.84. The second kappa shape index (κ2) is 8.88. The maximum Gasteiger partial charge on any atom is 0.340 e. The quantitative estimate of drug-likeness (QED) is 0.313. The Morgan fingerprint density at radius 3 is 2.77 bits per heavy atom. The van der Waals surface area contributed by atoms with Crippen LogP contribution in [0.2, 0.25) is 0 Å². The van der Waals surface area contributed by atoms with Crippen LogP contribution in [0.25, 0.3) is 0 Å². The minimum atomic E-state index is -1.26. The molecule has 140 valence electrons. The van der Waals surface area contributed by atoms with Crippen molar-refractivity contribution in [3.63, 3.8) is 0 Å². The number of ether oxygens (including phenoxy) is 1. The van der Waals surface area contributed by atoms with E-state index in [0.29, 0.717) is 22.5 Å². The molecule has 0 bridgehead atoms. The number of aromatic nitrogens is 2. The van der Waals surface area contributed by atoms with Crippen LogP contribution in [0.4, 0.5) is 8.78 Å². The molecule has 1 N–H and O–H groups in total.